The minimum Gasteiger partial charge on any atom is -0.489 e. The quantitative estimate of drug-likeness (QED) is 0.131. The minimum atomic E-state index is -2.45. The summed E-state index contributed by atoms with van der Waals surface area (Å²) in [7, 11) is 1.73. The lowest BCUT2D eigenvalue weighted by atomic mass is 9.96. The van der Waals surface area contributed by atoms with Gasteiger partial charge in [-0.05, 0) is 38.1 Å². The zero-order valence-corrected chi connectivity index (χ0v) is 28.9. The molecule has 0 fully saturated rings. The van der Waals surface area contributed by atoms with Gasteiger partial charge in [-0.25, -0.2) is 22.5 Å². The van der Waals surface area contributed by atoms with Gasteiger partial charge in [-0.3, -0.25) is 4.90 Å². The van der Waals surface area contributed by atoms with E-state index >= 15 is 4.39 Å². The Balaban J connectivity index is 1.57. The fraction of sp³-hybridized carbons (Fsp3) is 0.353. The van der Waals surface area contributed by atoms with Crippen molar-refractivity contribution in [1.29, 1.82) is 5.26 Å². The van der Waals surface area contributed by atoms with Gasteiger partial charge in [0, 0.05) is 41.7 Å². The first-order valence-corrected chi connectivity index (χ1v) is 17.0. The van der Waals surface area contributed by atoms with Gasteiger partial charge in [0.15, 0.2) is 11.6 Å². The lowest BCUT2D eigenvalue weighted by Crippen LogP contribution is -2.37. The van der Waals surface area contributed by atoms with Crippen LogP contribution in [0.5, 0.6) is 11.8 Å². The highest BCUT2D eigenvalue weighted by molar-refractivity contribution is 7.23. The molecule has 6 rings (SSSR count). The van der Waals surface area contributed by atoms with E-state index in [0.717, 1.165) is 17.4 Å². The number of hydrogen-bond donors (Lipinski definition) is 2. The van der Waals surface area contributed by atoms with Crippen molar-refractivity contribution in [3.8, 4) is 29.0 Å². The second kappa shape index (κ2) is 14.3. The number of fused-ring (bicyclic) bond motifs is 1. The number of rotatable bonds is 11. The van der Waals surface area contributed by atoms with Crippen LogP contribution < -0.4 is 25.8 Å². The van der Waals surface area contributed by atoms with Crippen LogP contribution in [-0.2, 0) is 0 Å². The first-order chi connectivity index (χ1) is 24.0. The molecule has 0 bridgehead atoms. The minimum absolute atomic E-state index is 0.00937. The van der Waals surface area contributed by atoms with E-state index in [1.54, 1.807) is 24.2 Å². The number of nitrogens with two attached hydrogens (primary N) is 2. The molecule has 4 N–H and O–H groups in total. The third kappa shape index (κ3) is 6.27. The molecule has 0 aliphatic carbocycles. The van der Waals surface area contributed by atoms with E-state index in [1.807, 2.05) is 30.9 Å². The number of nitrogen functional groups attached to an aromatic ring is 2. The van der Waals surface area contributed by atoms with E-state index in [9.17, 15) is 18.4 Å². The Morgan fingerprint density at radius 3 is 2.68 bits per heavy atom. The fourth-order valence-electron chi connectivity index (χ4n) is 6.28. The average molecular weight is 729 g/mol. The van der Waals surface area contributed by atoms with Crippen LogP contribution >= 0.6 is 22.9 Å². The summed E-state index contributed by atoms with van der Waals surface area (Å²) in [6, 6.07) is 7.20. The number of hydrogen-bond acceptors (Lipinski definition) is 11. The van der Waals surface area contributed by atoms with Crippen LogP contribution in [0.4, 0.5) is 34.2 Å². The molecule has 5 aromatic rings. The van der Waals surface area contributed by atoms with Crippen molar-refractivity contribution in [2.24, 2.45) is 0 Å². The van der Waals surface area contributed by atoms with Crippen molar-refractivity contribution in [2.75, 3.05) is 49.7 Å². The lowest BCUT2D eigenvalue weighted by molar-refractivity contribution is 0.0960. The monoisotopic (exact) mass is 728 g/mol. The summed E-state index contributed by atoms with van der Waals surface area (Å²) < 4.78 is 70.4. The zero-order valence-electron chi connectivity index (χ0n) is 27.3. The molecule has 50 heavy (non-hydrogen) atoms. The van der Waals surface area contributed by atoms with E-state index in [2.05, 4.69) is 9.97 Å². The Kier molecular flexibility index (Phi) is 10.1. The summed E-state index contributed by atoms with van der Waals surface area (Å²) in [5.74, 6) is -0.874. The SMILES string of the molecule is CCC(COc1nc2c3c(c(Cl)c(-c4ccc(F)c5sc(N)c(C#N)c45)c(F)c3n1)OCCN2[C@H](C)c1cccnc1N)N(C)CCC(F)F. The van der Waals surface area contributed by atoms with Crippen molar-refractivity contribution >= 4 is 60.6 Å². The molecule has 1 unspecified atom stereocenters. The molecule has 4 heterocycles. The van der Waals surface area contributed by atoms with Gasteiger partial charge in [0.2, 0.25) is 6.43 Å². The number of ether oxygens (including phenoxy) is 2. The highest BCUT2D eigenvalue weighted by Gasteiger charge is 2.34. The Bertz CT molecular complexity index is 2130. The largest absolute Gasteiger partial charge is 0.489 e. The summed E-state index contributed by atoms with van der Waals surface area (Å²) in [5, 5.41) is 10.1. The molecule has 16 heteroatoms. The highest BCUT2D eigenvalue weighted by atomic mass is 35.5. The number of nitrogens with zero attached hydrogens (tertiary/aromatic N) is 6. The predicted octanol–water partition coefficient (Wildman–Crippen LogP) is 7.58. The van der Waals surface area contributed by atoms with Gasteiger partial charge in [0.05, 0.1) is 33.3 Å². The van der Waals surface area contributed by atoms with Crippen LogP contribution in [0.15, 0.2) is 30.5 Å². The molecule has 2 aromatic carbocycles. The third-order valence-electron chi connectivity index (χ3n) is 8.98. The predicted molar refractivity (Wildman–Crippen MR) is 187 cm³/mol. The molecule has 1 aliphatic heterocycles. The van der Waals surface area contributed by atoms with E-state index in [1.165, 1.54) is 6.07 Å². The number of halogens is 5. The number of thiophene rings is 1. The maximum atomic E-state index is 17.2. The molecule has 1 aliphatic rings. The van der Waals surface area contributed by atoms with Crippen LogP contribution in [-0.4, -0.2) is 65.7 Å². The average Bonchev–Trinajstić information content (AvgIpc) is 3.32. The van der Waals surface area contributed by atoms with Crippen molar-refractivity contribution in [3.05, 3.63) is 58.2 Å². The summed E-state index contributed by atoms with van der Waals surface area (Å²) in [6.45, 7) is 4.31. The smallest absolute Gasteiger partial charge is 0.319 e. The molecule has 0 saturated heterocycles. The van der Waals surface area contributed by atoms with Crippen molar-refractivity contribution in [1.82, 2.24) is 19.9 Å². The number of anilines is 3. The summed E-state index contributed by atoms with van der Waals surface area (Å²) >= 11 is 7.88. The number of benzene rings is 2. The number of aromatic nitrogens is 3. The van der Waals surface area contributed by atoms with E-state index in [0.29, 0.717) is 17.8 Å². The molecule has 2 atom stereocenters. The van der Waals surface area contributed by atoms with Gasteiger partial charge in [0.1, 0.15) is 47.3 Å². The third-order valence-corrected chi connectivity index (χ3v) is 10.4. The number of alkyl halides is 2. The molecule has 0 saturated carbocycles. The van der Waals surface area contributed by atoms with Gasteiger partial charge < -0.3 is 25.8 Å². The highest BCUT2D eigenvalue weighted by Crippen LogP contribution is 2.51. The molecule has 0 amide bonds. The normalized spacial score (nSPS) is 14.2. The summed E-state index contributed by atoms with van der Waals surface area (Å²) in [5.41, 5.74) is 12.8. The van der Waals surface area contributed by atoms with Gasteiger partial charge in [-0.2, -0.15) is 15.2 Å². The molecular formula is C34H33ClF4N8O2S. The Morgan fingerprint density at radius 2 is 1.98 bits per heavy atom. The Hall–Kier alpha value is -4.65. The maximum absolute atomic E-state index is 17.2. The van der Waals surface area contributed by atoms with E-state index in [-0.39, 0.29) is 104 Å². The molecule has 0 spiro atoms. The van der Waals surface area contributed by atoms with Gasteiger partial charge >= 0.3 is 6.01 Å². The molecular weight excluding hydrogens is 696 g/mol. The molecule has 3 aromatic heterocycles. The van der Waals surface area contributed by atoms with Crippen LogP contribution in [0.1, 0.15) is 43.9 Å². The van der Waals surface area contributed by atoms with E-state index < -0.39 is 24.1 Å². The van der Waals surface area contributed by atoms with Crippen molar-refractivity contribution < 1.29 is 27.0 Å². The second-order valence-electron chi connectivity index (χ2n) is 11.9. The number of pyridine rings is 1. The first kappa shape index (κ1) is 35.2. The fourth-order valence-corrected chi connectivity index (χ4v) is 7.56. The van der Waals surface area contributed by atoms with Gasteiger partial charge in [-0.15, -0.1) is 11.3 Å². The Morgan fingerprint density at radius 1 is 1.20 bits per heavy atom. The number of nitriles is 1. The van der Waals surface area contributed by atoms with Crippen LogP contribution in [0.2, 0.25) is 5.02 Å². The van der Waals surface area contributed by atoms with E-state index in [4.69, 9.17) is 37.5 Å². The topological polar surface area (TPSA) is 139 Å². The summed E-state index contributed by atoms with van der Waals surface area (Å²) in [4.78, 5) is 17.1. The molecule has 10 nitrogen and oxygen atoms in total. The zero-order chi connectivity index (χ0) is 35.9. The van der Waals surface area contributed by atoms with Crippen molar-refractivity contribution in [2.45, 2.75) is 45.2 Å². The number of likely N-dealkylation sites (N-methyl/N-ethyl adjacent to an activating group) is 1. The van der Waals surface area contributed by atoms with Crippen LogP contribution in [0.3, 0.4) is 0 Å². The van der Waals surface area contributed by atoms with Gasteiger partial charge in [-0.1, -0.05) is 30.7 Å². The van der Waals surface area contributed by atoms with Crippen molar-refractivity contribution in [3.63, 3.8) is 0 Å². The van der Waals surface area contributed by atoms with Gasteiger partial charge in [0.25, 0.3) is 0 Å². The molecule has 262 valence electrons. The first-order valence-electron chi connectivity index (χ1n) is 15.8. The van der Waals surface area contributed by atoms with Crippen LogP contribution in [0.25, 0.3) is 32.1 Å². The second-order valence-corrected chi connectivity index (χ2v) is 13.3. The maximum Gasteiger partial charge on any atom is 0.319 e. The lowest BCUT2D eigenvalue weighted by Gasteiger charge is -2.30. The summed E-state index contributed by atoms with van der Waals surface area (Å²) in [6.07, 6.45) is -0.603. The standard InChI is InChI=1S/C34H33ClF4N8O2S/c1-4-17(46(3)11-9-22(37)38)15-49-34-44-28-25-29(48-13-12-47(33(25)45-34)16(2)18-6-5-10-43-31(18)41)26(35)24(27(28)39)19-7-8-21(36)30-23(19)20(14-40)32(42)50-30/h5-8,10,16-17,22H,4,9,11-13,15,42H2,1-3H3,(H2,41,43)/t16-,17?/m1/s1. The molecule has 0 radical (unpaired) electrons. The Labute approximate surface area is 294 Å². The van der Waals surface area contributed by atoms with Crippen LogP contribution in [0, 0.1) is 23.0 Å².